The molecule has 0 aliphatic carbocycles. The van der Waals surface area contributed by atoms with Crippen LogP contribution in [0, 0.1) is 5.82 Å². The van der Waals surface area contributed by atoms with Crippen molar-refractivity contribution in [2.24, 2.45) is 0 Å². The van der Waals surface area contributed by atoms with Gasteiger partial charge in [-0.3, -0.25) is 4.79 Å². The fourth-order valence-corrected chi connectivity index (χ4v) is 4.60. The SMILES string of the molecule is CCN(CC)S(=O)(=O)c1cc(C(=O)OC(C)C(=O)N(C)Cc2ccccc2)ccc1F. The third kappa shape index (κ3) is 5.89. The van der Waals surface area contributed by atoms with Crippen molar-refractivity contribution in [3.63, 3.8) is 0 Å². The molecule has 9 heteroatoms. The minimum absolute atomic E-state index is 0.155. The Hall–Kier alpha value is -2.78. The second-order valence-electron chi connectivity index (χ2n) is 6.96. The number of carbonyl (C=O) groups is 2. The van der Waals surface area contributed by atoms with Crippen molar-refractivity contribution in [1.29, 1.82) is 0 Å². The summed E-state index contributed by atoms with van der Waals surface area (Å²) >= 11 is 0. The molecule has 0 heterocycles. The number of ether oxygens (including phenoxy) is 1. The quantitative estimate of drug-likeness (QED) is 0.549. The maximum Gasteiger partial charge on any atom is 0.338 e. The van der Waals surface area contributed by atoms with Gasteiger partial charge in [-0.15, -0.1) is 0 Å². The Morgan fingerprint density at radius 2 is 1.68 bits per heavy atom. The second kappa shape index (κ2) is 10.5. The molecule has 7 nitrogen and oxygen atoms in total. The summed E-state index contributed by atoms with van der Waals surface area (Å²) in [6.07, 6.45) is -1.10. The van der Waals surface area contributed by atoms with Crippen LogP contribution in [0.2, 0.25) is 0 Å². The number of carbonyl (C=O) groups excluding carboxylic acids is 2. The Balaban J connectivity index is 2.15. The molecule has 0 fully saturated rings. The first-order valence-corrected chi connectivity index (χ1v) is 11.3. The second-order valence-corrected chi connectivity index (χ2v) is 8.87. The van der Waals surface area contributed by atoms with Gasteiger partial charge in [-0.1, -0.05) is 44.2 Å². The molecule has 2 aromatic carbocycles. The summed E-state index contributed by atoms with van der Waals surface area (Å²) < 4.78 is 45.9. The van der Waals surface area contributed by atoms with Crippen LogP contribution in [0.25, 0.3) is 0 Å². The van der Waals surface area contributed by atoms with E-state index in [0.29, 0.717) is 6.54 Å². The van der Waals surface area contributed by atoms with Crippen LogP contribution in [0.5, 0.6) is 0 Å². The van der Waals surface area contributed by atoms with E-state index in [1.54, 1.807) is 20.9 Å². The largest absolute Gasteiger partial charge is 0.449 e. The van der Waals surface area contributed by atoms with Crippen molar-refractivity contribution in [3.8, 4) is 0 Å². The summed E-state index contributed by atoms with van der Waals surface area (Å²) in [6, 6.07) is 12.3. The van der Waals surface area contributed by atoms with Crippen molar-refractivity contribution >= 4 is 21.9 Å². The van der Waals surface area contributed by atoms with E-state index >= 15 is 0 Å². The average Bonchev–Trinajstić information content (AvgIpc) is 2.74. The number of hydrogen-bond acceptors (Lipinski definition) is 5. The molecule has 0 aliphatic rings. The molecule has 0 spiro atoms. The number of halogens is 1. The Morgan fingerprint density at radius 1 is 1.06 bits per heavy atom. The summed E-state index contributed by atoms with van der Waals surface area (Å²) in [5.41, 5.74) is 0.763. The van der Waals surface area contributed by atoms with Crippen LogP contribution >= 0.6 is 0 Å². The predicted octanol–water partition coefficient (Wildman–Crippen LogP) is 3.06. The zero-order valence-electron chi connectivity index (χ0n) is 18.0. The summed E-state index contributed by atoms with van der Waals surface area (Å²) in [5, 5.41) is 0. The van der Waals surface area contributed by atoms with Gasteiger partial charge in [-0.05, 0) is 30.7 Å². The van der Waals surface area contributed by atoms with E-state index in [4.69, 9.17) is 4.74 Å². The van der Waals surface area contributed by atoms with E-state index in [-0.39, 0.29) is 18.7 Å². The molecule has 0 saturated carbocycles. The van der Waals surface area contributed by atoms with Crippen LogP contribution in [0.4, 0.5) is 4.39 Å². The molecular formula is C22H27FN2O5S. The van der Waals surface area contributed by atoms with Crippen LogP contribution < -0.4 is 0 Å². The van der Waals surface area contributed by atoms with E-state index in [9.17, 15) is 22.4 Å². The summed E-state index contributed by atoms with van der Waals surface area (Å²) in [6.45, 7) is 5.36. The normalized spacial score (nSPS) is 12.5. The van der Waals surface area contributed by atoms with E-state index in [2.05, 4.69) is 0 Å². The van der Waals surface area contributed by atoms with Gasteiger partial charge in [-0.2, -0.15) is 4.31 Å². The number of benzene rings is 2. The number of amides is 1. The minimum atomic E-state index is -4.11. The maximum atomic E-state index is 14.2. The van der Waals surface area contributed by atoms with Crippen molar-refractivity contribution < 1.29 is 27.1 Å². The number of sulfonamides is 1. The Kier molecular flexibility index (Phi) is 8.29. The average molecular weight is 451 g/mol. The third-order valence-corrected chi connectivity index (χ3v) is 6.83. The Morgan fingerprint density at radius 3 is 2.26 bits per heavy atom. The van der Waals surface area contributed by atoms with Crippen molar-refractivity contribution in [1.82, 2.24) is 9.21 Å². The smallest absolute Gasteiger partial charge is 0.338 e. The highest BCUT2D eigenvalue weighted by Crippen LogP contribution is 2.21. The van der Waals surface area contributed by atoms with Crippen LogP contribution in [0.3, 0.4) is 0 Å². The van der Waals surface area contributed by atoms with Gasteiger partial charge in [0.15, 0.2) is 6.10 Å². The van der Waals surface area contributed by atoms with Gasteiger partial charge in [0, 0.05) is 26.7 Å². The highest BCUT2D eigenvalue weighted by atomic mass is 32.2. The number of hydrogen-bond donors (Lipinski definition) is 0. The molecule has 0 radical (unpaired) electrons. The van der Waals surface area contributed by atoms with Crippen LogP contribution in [0.1, 0.15) is 36.7 Å². The molecule has 1 unspecified atom stereocenters. The van der Waals surface area contributed by atoms with Gasteiger partial charge in [0.1, 0.15) is 10.7 Å². The molecule has 0 bridgehead atoms. The van der Waals surface area contributed by atoms with Gasteiger partial charge in [0.05, 0.1) is 5.56 Å². The topological polar surface area (TPSA) is 84.0 Å². The third-order valence-electron chi connectivity index (χ3n) is 4.76. The zero-order chi connectivity index (χ0) is 23.2. The van der Waals surface area contributed by atoms with Crippen LogP contribution in [-0.4, -0.2) is 55.7 Å². The highest BCUT2D eigenvalue weighted by Gasteiger charge is 2.28. The monoisotopic (exact) mass is 450 g/mol. The standard InChI is InChI=1S/C22H27FN2O5S/c1-5-25(6-2)31(28,29)20-14-18(12-13-19(20)23)22(27)30-16(3)21(26)24(4)15-17-10-8-7-9-11-17/h7-14,16H,5-6,15H2,1-4H3. The lowest BCUT2D eigenvalue weighted by molar-refractivity contribution is -0.139. The lowest BCUT2D eigenvalue weighted by Crippen LogP contribution is -2.37. The first kappa shape index (κ1) is 24.5. The first-order valence-electron chi connectivity index (χ1n) is 9.91. The van der Waals surface area contributed by atoms with E-state index < -0.39 is 38.7 Å². The summed E-state index contributed by atoms with van der Waals surface area (Å²) in [7, 11) is -2.52. The number of rotatable bonds is 9. The van der Waals surface area contributed by atoms with Crippen molar-refractivity contribution in [3.05, 3.63) is 65.5 Å². The fourth-order valence-electron chi connectivity index (χ4n) is 3.06. The molecule has 0 saturated heterocycles. The lowest BCUT2D eigenvalue weighted by Gasteiger charge is -2.22. The van der Waals surface area contributed by atoms with Gasteiger partial charge >= 0.3 is 5.97 Å². The molecule has 168 valence electrons. The van der Waals surface area contributed by atoms with Gasteiger partial charge < -0.3 is 9.64 Å². The first-order chi connectivity index (χ1) is 14.6. The molecule has 0 aromatic heterocycles. The lowest BCUT2D eigenvalue weighted by atomic mass is 10.2. The Bertz CT molecular complexity index is 1020. The van der Waals surface area contributed by atoms with Crippen molar-refractivity contribution in [2.75, 3.05) is 20.1 Å². The number of likely N-dealkylation sites (N-methyl/N-ethyl adjacent to an activating group) is 1. The molecule has 31 heavy (non-hydrogen) atoms. The summed E-state index contributed by atoms with van der Waals surface area (Å²) in [5.74, 6) is -2.30. The summed E-state index contributed by atoms with van der Waals surface area (Å²) in [4.78, 5) is 25.9. The van der Waals surface area contributed by atoms with Gasteiger partial charge in [-0.25, -0.2) is 17.6 Å². The predicted molar refractivity (Wildman–Crippen MR) is 114 cm³/mol. The fraction of sp³-hybridized carbons (Fsp3) is 0.364. The van der Waals surface area contributed by atoms with Crippen LogP contribution in [-0.2, 0) is 26.1 Å². The molecule has 0 N–H and O–H groups in total. The molecule has 1 atom stereocenters. The highest BCUT2D eigenvalue weighted by molar-refractivity contribution is 7.89. The van der Waals surface area contributed by atoms with Gasteiger partial charge in [0.25, 0.3) is 5.91 Å². The molecule has 1 amide bonds. The minimum Gasteiger partial charge on any atom is -0.449 e. The Labute approximate surface area is 182 Å². The van der Waals surface area contributed by atoms with E-state index in [0.717, 1.165) is 28.1 Å². The zero-order valence-corrected chi connectivity index (χ0v) is 18.9. The van der Waals surface area contributed by atoms with E-state index in [1.165, 1.54) is 11.8 Å². The molecule has 0 aliphatic heterocycles. The molecule has 2 rings (SSSR count). The number of esters is 1. The maximum absolute atomic E-state index is 14.2. The van der Waals surface area contributed by atoms with Crippen LogP contribution in [0.15, 0.2) is 53.4 Å². The van der Waals surface area contributed by atoms with Crippen molar-refractivity contribution in [2.45, 2.75) is 38.3 Å². The van der Waals surface area contributed by atoms with Gasteiger partial charge in [0.2, 0.25) is 10.0 Å². The number of nitrogens with zero attached hydrogens (tertiary/aromatic N) is 2. The molecular weight excluding hydrogens is 423 g/mol. The van der Waals surface area contributed by atoms with E-state index in [1.807, 2.05) is 30.3 Å². The molecule has 2 aromatic rings.